The number of aryl methyl sites for hydroxylation is 1. The van der Waals surface area contributed by atoms with Crippen molar-refractivity contribution < 1.29 is 19.0 Å². The Morgan fingerprint density at radius 1 is 1.09 bits per heavy atom. The van der Waals surface area contributed by atoms with E-state index in [2.05, 4.69) is 15.6 Å². The van der Waals surface area contributed by atoms with Gasteiger partial charge < -0.3 is 19.5 Å². The zero-order chi connectivity index (χ0) is 22.0. The Hall–Kier alpha value is -3.46. The van der Waals surface area contributed by atoms with Crippen molar-refractivity contribution in [1.82, 2.24) is 20.3 Å². The molecule has 9 nitrogen and oxygen atoms in total. The molecule has 0 unspecified atom stereocenters. The van der Waals surface area contributed by atoms with Crippen molar-refractivity contribution >= 4 is 16.8 Å². The number of carbonyl (C=O) groups is 1. The standard InChI is InChI=1S/C23H24N4O5/c28-21(7-10-27-22(29)17-3-1-2-4-18(17)25-26-27)24-14-23(8-11-30-12-9-23)16-5-6-19-20(13-16)32-15-31-19/h1-6,13H,7-12,14-15H2,(H,24,28). The van der Waals surface area contributed by atoms with Gasteiger partial charge in [0, 0.05) is 31.6 Å². The molecule has 32 heavy (non-hydrogen) atoms. The van der Waals surface area contributed by atoms with E-state index in [1.54, 1.807) is 24.3 Å². The normalized spacial score (nSPS) is 16.8. The van der Waals surface area contributed by atoms with Crippen molar-refractivity contribution in [3.8, 4) is 11.5 Å². The summed E-state index contributed by atoms with van der Waals surface area (Å²) < 4.78 is 17.8. The van der Waals surface area contributed by atoms with Crippen LogP contribution in [-0.2, 0) is 21.5 Å². The highest BCUT2D eigenvalue weighted by Gasteiger charge is 2.36. The summed E-state index contributed by atoms with van der Waals surface area (Å²) in [6, 6.07) is 13.0. The van der Waals surface area contributed by atoms with Crippen molar-refractivity contribution in [3.05, 3.63) is 58.4 Å². The highest BCUT2D eigenvalue weighted by atomic mass is 16.7. The number of hydrogen-bond donors (Lipinski definition) is 1. The number of aromatic nitrogens is 3. The summed E-state index contributed by atoms with van der Waals surface area (Å²) in [5.41, 5.74) is 1.16. The Balaban J connectivity index is 1.26. The summed E-state index contributed by atoms with van der Waals surface area (Å²) in [5, 5.41) is 11.6. The fourth-order valence-corrected chi connectivity index (χ4v) is 4.29. The molecule has 0 spiro atoms. The SMILES string of the molecule is O=C(CCn1nnc2ccccc2c1=O)NCC1(c2ccc3c(c2)OCO3)CCOCC1. The second kappa shape index (κ2) is 8.58. The van der Waals surface area contributed by atoms with Crippen LogP contribution >= 0.6 is 0 Å². The molecule has 1 saturated heterocycles. The summed E-state index contributed by atoms with van der Waals surface area (Å²) in [4.78, 5) is 25.2. The van der Waals surface area contributed by atoms with Gasteiger partial charge in [-0.15, -0.1) is 5.10 Å². The van der Waals surface area contributed by atoms with Crippen molar-refractivity contribution in [2.75, 3.05) is 26.6 Å². The lowest BCUT2D eigenvalue weighted by Gasteiger charge is -2.38. The third kappa shape index (κ3) is 3.91. The smallest absolute Gasteiger partial charge is 0.277 e. The maximum atomic E-state index is 12.6. The molecule has 2 aromatic carbocycles. The topological polar surface area (TPSA) is 105 Å². The predicted octanol–water partition coefficient (Wildman–Crippen LogP) is 1.77. The molecule has 0 atom stereocenters. The summed E-state index contributed by atoms with van der Waals surface area (Å²) in [7, 11) is 0. The van der Waals surface area contributed by atoms with Gasteiger partial charge in [0.25, 0.3) is 5.56 Å². The molecule has 3 aromatic rings. The van der Waals surface area contributed by atoms with Crippen LogP contribution in [0.1, 0.15) is 24.8 Å². The van der Waals surface area contributed by atoms with E-state index in [-0.39, 0.29) is 36.6 Å². The van der Waals surface area contributed by atoms with Gasteiger partial charge in [0.15, 0.2) is 11.5 Å². The van der Waals surface area contributed by atoms with Crippen molar-refractivity contribution in [2.24, 2.45) is 0 Å². The van der Waals surface area contributed by atoms with E-state index in [0.29, 0.717) is 30.7 Å². The third-order valence-corrected chi connectivity index (χ3v) is 6.24. The van der Waals surface area contributed by atoms with Gasteiger partial charge in [-0.25, -0.2) is 4.68 Å². The van der Waals surface area contributed by atoms with Crippen molar-refractivity contribution in [1.29, 1.82) is 0 Å². The number of nitrogens with zero attached hydrogens (tertiary/aromatic N) is 3. The molecule has 166 valence electrons. The summed E-state index contributed by atoms with van der Waals surface area (Å²) in [6.07, 6.45) is 1.73. The maximum Gasteiger partial charge on any atom is 0.277 e. The van der Waals surface area contributed by atoms with Crippen LogP contribution in [0.2, 0.25) is 0 Å². The van der Waals surface area contributed by atoms with E-state index in [4.69, 9.17) is 14.2 Å². The van der Waals surface area contributed by atoms with Crippen LogP contribution < -0.4 is 20.3 Å². The number of nitrogens with one attached hydrogen (secondary N) is 1. The number of ether oxygens (including phenoxy) is 3. The molecule has 1 aromatic heterocycles. The zero-order valence-corrected chi connectivity index (χ0v) is 17.6. The quantitative estimate of drug-likeness (QED) is 0.628. The summed E-state index contributed by atoms with van der Waals surface area (Å²) in [6.45, 7) is 2.14. The minimum atomic E-state index is -0.246. The number of carbonyl (C=O) groups excluding carboxylic acids is 1. The molecule has 0 radical (unpaired) electrons. The minimum absolute atomic E-state index is 0.140. The van der Waals surface area contributed by atoms with E-state index in [1.807, 2.05) is 18.2 Å². The average Bonchev–Trinajstić information content (AvgIpc) is 3.31. The maximum absolute atomic E-state index is 12.6. The molecule has 0 bridgehead atoms. The van der Waals surface area contributed by atoms with Gasteiger partial charge in [-0.05, 0) is 42.7 Å². The van der Waals surface area contributed by atoms with Gasteiger partial charge in [-0.1, -0.05) is 23.4 Å². The van der Waals surface area contributed by atoms with Crippen LogP contribution in [0, 0.1) is 0 Å². The van der Waals surface area contributed by atoms with E-state index >= 15 is 0 Å². The molecule has 5 rings (SSSR count). The molecule has 1 fully saturated rings. The monoisotopic (exact) mass is 436 g/mol. The van der Waals surface area contributed by atoms with Crippen LogP contribution in [0.5, 0.6) is 11.5 Å². The molecule has 1 amide bonds. The first kappa shape index (κ1) is 20.4. The third-order valence-electron chi connectivity index (χ3n) is 6.24. The molecule has 0 saturated carbocycles. The first-order valence-corrected chi connectivity index (χ1v) is 10.7. The fourth-order valence-electron chi connectivity index (χ4n) is 4.29. The predicted molar refractivity (Wildman–Crippen MR) is 116 cm³/mol. The van der Waals surface area contributed by atoms with Gasteiger partial charge >= 0.3 is 0 Å². The number of fused-ring (bicyclic) bond motifs is 2. The van der Waals surface area contributed by atoms with Gasteiger partial charge in [0.05, 0.1) is 11.9 Å². The number of rotatable bonds is 6. The van der Waals surface area contributed by atoms with Gasteiger partial charge in [0.2, 0.25) is 12.7 Å². The summed E-state index contributed by atoms with van der Waals surface area (Å²) >= 11 is 0. The highest BCUT2D eigenvalue weighted by Crippen LogP contribution is 2.40. The molecule has 2 aliphatic rings. The zero-order valence-electron chi connectivity index (χ0n) is 17.6. The molecule has 0 aliphatic carbocycles. The second-order valence-corrected chi connectivity index (χ2v) is 8.12. The fraction of sp³-hybridized carbons (Fsp3) is 0.391. The average molecular weight is 436 g/mol. The number of hydrogen-bond acceptors (Lipinski definition) is 7. The Bertz CT molecular complexity index is 1200. The van der Waals surface area contributed by atoms with Crippen LogP contribution in [0.4, 0.5) is 0 Å². The Morgan fingerprint density at radius 3 is 2.78 bits per heavy atom. The molecule has 3 heterocycles. The van der Waals surface area contributed by atoms with E-state index in [0.717, 1.165) is 29.9 Å². The van der Waals surface area contributed by atoms with Gasteiger partial charge in [0.1, 0.15) is 5.52 Å². The highest BCUT2D eigenvalue weighted by molar-refractivity contribution is 5.77. The molecule has 1 N–H and O–H groups in total. The van der Waals surface area contributed by atoms with Gasteiger partial charge in [-0.2, -0.15) is 0 Å². The Labute approximate surface area is 184 Å². The first-order chi connectivity index (χ1) is 15.6. The Kier molecular flexibility index (Phi) is 5.48. The molecular formula is C23H24N4O5. The van der Waals surface area contributed by atoms with Crippen molar-refractivity contribution in [3.63, 3.8) is 0 Å². The lowest BCUT2D eigenvalue weighted by Crippen LogP contribution is -2.44. The molecular weight excluding hydrogens is 412 g/mol. The minimum Gasteiger partial charge on any atom is -0.454 e. The molecule has 2 aliphatic heterocycles. The Morgan fingerprint density at radius 2 is 1.91 bits per heavy atom. The largest absolute Gasteiger partial charge is 0.454 e. The number of benzene rings is 2. The van der Waals surface area contributed by atoms with Crippen LogP contribution in [0.3, 0.4) is 0 Å². The number of amides is 1. The van der Waals surface area contributed by atoms with Crippen LogP contribution in [0.15, 0.2) is 47.3 Å². The van der Waals surface area contributed by atoms with Crippen molar-refractivity contribution in [2.45, 2.75) is 31.2 Å². The van der Waals surface area contributed by atoms with Crippen LogP contribution in [0.25, 0.3) is 10.9 Å². The van der Waals surface area contributed by atoms with Crippen LogP contribution in [-0.4, -0.2) is 47.5 Å². The lowest BCUT2D eigenvalue weighted by molar-refractivity contribution is -0.121. The van der Waals surface area contributed by atoms with E-state index in [9.17, 15) is 9.59 Å². The first-order valence-electron chi connectivity index (χ1n) is 10.7. The lowest BCUT2D eigenvalue weighted by atomic mass is 9.74. The van der Waals surface area contributed by atoms with E-state index < -0.39 is 0 Å². The molecule has 9 heteroatoms. The summed E-state index contributed by atoms with van der Waals surface area (Å²) in [5.74, 6) is 1.33. The van der Waals surface area contributed by atoms with Gasteiger partial charge in [-0.3, -0.25) is 9.59 Å². The van der Waals surface area contributed by atoms with E-state index in [1.165, 1.54) is 4.68 Å². The second-order valence-electron chi connectivity index (χ2n) is 8.12.